The first-order valence-corrected chi connectivity index (χ1v) is 5.47. The minimum absolute atomic E-state index is 0.794. The van der Waals surface area contributed by atoms with Crippen LogP contribution in [0, 0.1) is 0 Å². The Kier molecular flexibility index (Phi) is 3.84. The standard InChI is InChI=1S/C7H13N3S2/c1-10(2)3-4-11-7-9-5-6(8)12-7/h5H,3-4,8H2,1-2H3. The third kappa shape index (κ3) is 3.42. The summed E-state index contributed by atoms with van der Waals surface area (Å²) in [4.78, 5) is 6.31. The highest BCUT2D eigenvalue weighted by Gasteiger charge is 1.99. The number of thiazole rings is 1. The van der Waals surface area contributed by atoms with Gasteiger partial charge in [-0.05, 0) is 14.1 Å². The zero-order valence-electron chi connectivity index (χ0n) is 7.28. The smallest absolute Gasteiger partial charge is 0.151 e. The highest BCUT2D eigenvalue weighted by atomic mass is 32.2. The normalized spacial score (nSPS) is 10.9. The Morgan fingerprint density at radius 1 is 1.67 bits per heavy atom. The van der Waals surface area contributed by atoms with Gasteiger partial charge in [-0.1, -0.05) is 23.1 Å². The number of nitrogens with two attached hydrogens (primary N) is 1. The minimum Gasteiger partial charge on any atom is -0.389 e. The van der Waals surface area contributed by atoms with Crippen molar-refractivity contribution in [3.05, 3.63) is 6.20 Å². The number of rotatable bonds is 4. The van der Waals surface area contributed by atoms with Gasteiger partial charge in [0.05, 0.1) is 6.20 Å². The van der Waals surface area contributed by atoms with Crippen molar-refractivity contribution >= 4 is 28.1 Å². The Balaban J connectivity index is 2.24. The summed E-state index contributed by atoms with van der Waals surface area (Å²) >= 11 is 3.31. The molecule has 1 rings (SSSR count). The molecule has 1 aromatic heterocycles. The topological polar surface area (TPSA) is 42.2 Å². The molecule has 0 saturated carbocycles. The van der Waals surface area contributed by atoms with Crippen LogP contribution in [0.25, 0.3) is 0 Å². The van der Waals surface area contributed by atoms with Gasteiger partial charge in [0.2, 0.25) is 0 Å². The molecule has 3 nitrogen and oxygen atoms in total. The summed E-state index contributed by atoms with van der Waals surface area (Å²) in [5.74, 6) is 1.07. The van der Waals surface area contributed by atoms with Crippen molar-refractivity contribution in [1.29, 1.82) is 0 Å². The monoisotopic (exact) mass is 203 g/mol. The zero-order valence-corrected chi connectivity index (χ0v) is 8.91. The van der Waals surface area contributed by atoms with Crippen molar-refractivity contribution in [2.75, 3.05) is 32.1 Å². The van der Waals surface area contributed by atoms with E-state index in [2.05, 4.69) is 24.0 Å². The molecule has 1 aromatic rings. The minimum atomic E-state index is 0.794. The van der Waals surface area contributed by atoms with E-state index in [-0.39, 0.29) is 0 Å². The van der Waals surface area contributed by atoms with Crippen LogP contribution in [0.15, 0.2) is 10.5 Å². The number of hydrogen-bond donors (Lipinski definition) is 1. The Bertz CT molecular complexity index is 234. The van der Waals surface area contributed by atoms with Crippen molar-refractivity contribution in [3.8, 4) is 0 Å². The maximum atomic E-state index is 5.54. The molecular weight excluding hydrogens is 190 g/mol. The summed E-state index contributed by atoms with van der Waals surface area (Å²) in [5.41, 5.74) is 5.54. The van der Waals surface area contributed by atoms with E-state index in [0.29, 0.717) is 0 Å². The third-order valence-electron chi connectivity index (χ3n) is 1.27. The van der Waals surface area contributed by atoms with Crippen molar-refractivity contribution < 1.29 is 0 Å². The van der Waals surface area contributed by atoms with Gasteiger partial charge in [-0.2, -0.15) is 0 Å². The number of aromatic nitrogens is 1. The molecule has 0 amide bonds. The van der Waals surface area contributed by atoms with Gasteiger partial charge in [-0.3, -0.25) is 0 Å². The van der Waals surface area contributed by atoms with E-state index in [9.17, 15) is 0 Å². The van der Waals surface area contributed by atoms with Crippen LogP contribution in [-0.4, -0.2) is 36.3 Å². The number of nitrogen functional groups attached to an aromatic ring is 1. The summed E-state index contributed by atoms with van der Waals surface area (Å²) in [7, 11) is 4.13. The molecule has 5 heteroatoms. The number of hydrogen-bond acceptors (Lipinski definition) is 5. The van der Waals surface area contributed by atoms with Gasteiger partial charge in [-0.25, -0.2) is 4.98 Å². The van der Waals surface area contributed by atoms with E-state index in [1.54, 1.807) is 29.3 Å². The fourth-order valence-electron chi connectivity index (χ4n) is 0.652. The second-order valence-corrected chi connectivity index (χ2v) is 5.08. The van der Waals surface area contributed by atoms with Crippen LogP contribution in [0.3, 0.4) is 0 Å². The van der Waals surface area contributed by atoms with E-state index in [1.165, 1.54) is 0 Å². The maximum Gasteiger partial charge on any atom is 0.151 e. The molecule has 68 valence electrons. The van der Waals surface area contributed by atoms with Crippen molar-refractivity contribution in [3.63, 3.8) is 0 Å². The van der Waals surface area contributed by atoms with Crippen LogP contribution < -0.4 is 5.73 Å². The lowest BCUT2D eigenvalue weighted by Crippen LogP contribution is -2.14. The van der Waals surface area contributed by atoms with Crippen LogP contribution >= 0.6 is 23.1 Å². The predicted molar refractivity (Wildman–Crippen MR) is 55.8 cm³/mol. The maximum absolute atomic E-state index is 5.54. The highest BCUT2D eigenvalue weighted by Crippen LogP contribution is 2.24. The van der Waals surface area contributed by atoms with Gasteiger partial charge >= 0.3 is 0 Å². The highest BCUT2D eigenvalue weighted by molar-refractivity contribution is 8.01. The first-order valence-electron chi connectivity index (χ1n) is 3.67. The Morgan fingerprint density at radius 3 is 2.92 bits per heavy atom. The average Bonchev–Trinajstić information content (AvgIpc) is 2.35. The first kappa shape index (κ1) is 9.83. The lowest BCUT2D eigenvalue weighted by molar-refractivity contribution is 0.437. The van der Waals surface area contributed by atoms with Gasteiger partial charge in [0.15, 0.2) is 4.34 Å². The van der Waals surface area contributed by atoms with Gasteiger partial charge in [0.1, 0.15) is 5.00 Å². The van der Waals surface area contributed by atoms with Crippen LogP contribution in [0.1, 0.15) is 0 Å². The summed E-state index contributed by atoms with van der Waals surface area (Å²) < 4.78 is 1.06. The molecule has 12 heavy (non-hydrogen) atoms. The molecule has 0 fully saturated rings. The second kappa shape index (κ2) is 4.69. The summed E-state index contributed by atoms with van der Waals surface area (Å²) in [5, 5.41) is 0.794. The van der Waals surface area contributed by atoms with Gasteiger partial charge in [-0.15, -0.1) is 0 Å². The number of thioether (sulfide) groups is 1. The molecule has 0 aliphatic heterocycles. The van der Waals surface area contributed by atoms with Crippen LogP contribution in [0.2, 0.25) is 0 Å². The summed E-state index contributed by atoms with van der Waals surface area (Å²) in [6.45, 7) is 1.07. The van der Waals surface area contributed by atoms with E-state index in [1.807, 2.05) is 0 Å². The largest absolute Gasteiger partial charge is 0.389 e. The lowest BCUT2D eigenvalue weighted by Gasteiger charge is -2.06. The summed E-state index contributed by atoms with van der Waals surface area (Å²) in [6, 6.07) is 0. The van der Waals surface area contributed by atoms with E-state index in [0.717, 1.165) is 21.6 Å². The third-order valence-corrected chi connectivity index (χ3v) is 3.23. The molecule has 0 bridgehead atoms. The molecule has 0 aliphatic carbocycles. The SMILES string of the molecule is CN(C)CCSc1ncc(N)s1. The van der Waals surface area contributed by atoms with Crippen LogP contribution in [0.4, 0.5) is 5.00 Å². The molecule has 0 atom stereocenters. The summed E-state index contributed by atoms with van der Waals surface area (Å²) in [6.07, 6.45) is 1.71. The van der Waals surface area contributed by atoms with Crippen molar-refractivity contribution in [2.45, 2.75) is 4.34 Å². The Hall–Kier alpha value is -0.260. The quantitative estimate of drug-likeness (QED) is 0.751. The first-order chi connectivity index (χ1) is 5.68. The Labute approximate surface area is 81.0 Å². The fraction of sp³-hybridized carbons (Fsp3) is 0.571. The number of nitrogens with zero attached hydrogens (tertiary/aromatic N) is 2. The molecule has 2 N–H and O–H groups in total. The molecule has 0 aliphatic rings. The molecular formula is C7H13N3S2. The Morgan fingerprint density at radius 2 is 2.42 bits per heavy atom. The molecule has 0 radical (unpaired) electrons. The van der Waals surface area contributed by atoms with Crippen molar-refractivity contribution in [2.24, 2.45) is 0 Å². The average molecular weight is 203 g/mol. The zero-order chi connectivity index (χ0) is 8.97. The van der Waals surface area contributed by atoms with Crippen LogP contribution in [0.5, 0.6) is 0 Å². The molecule has 0 spiro atoms. The predicted octanol–water partition coefficient (Wildman–Crippen LogP) is 1.38. The fourth-order valence-corrected chi connectivity index (χ4v) is 2.60. The van der Waals surface area contributed by atoms with Gasteiger partial charge < -0.3 is 10.6 Å². The van der Waals surface area contributed by atoms with Crippen LogP contribution in [-0.2, 0) is 0 Å². The molecule has 1 heterocycles. The van der Waals surface area contributed by atoms with E-state index < -0.39 is 0 Å². The molecule has 0 saturated heterocycles. The lowest BCUT2D eigenvalue weighted by atomic mass is 10.7. The van der Waals surface area contributed by atoms with Gasteiger partial charge in [0.25, 0.3) is 0 Å². The van der Waals surface area contributed by atoms with E-state index in [4.69, 9.17) is 5.73 Å². The molecule has 0 unspecified atom stereocenters. The van der Waals surface area contributed by atoms with Gasteiger partial charge in [0, 0.05) is 12.3 Å². The molecule has 0 aromatic carbocycles. The number of anilines is 1. The van der Waals surface area contributed by atoms with E-state index >= 15 is 0 Å². The van der Waals surface area contributed by atoms with Crippen molar-refractivity contribution in [1.82, 2.24) is 9.88 Å². The second-order valence-electron chi connectivity index (χ2n) is 2.68.